The quantitative estimate of drug-likeness (QED) is 0.775. The van der Waals surface area contributed by atoms with Crippen molar-refractivity contribution in [2.45, 2.75) is 45.5 Å². The van der Waals surface area contributed by atoms with Gasteiger partial charge in [0.15, 0.2) is 0 Å². The fourth-order valence-corrected chi connectivity index (χ4v) is 3.58. The third-order valence-corrected chi connectivity index (χ3v) is 4.91. The number of aromatic nitrogens is 3. The highest BCUT2D eigenvalue weighted by molar-refractivity contribution is 5.82. The summed E-state index contributed by atoms with van der Waals surface area (Å²) in [5.74, 6) is 0. The van der Waals surface area contributed by atoms with Gasteiger partial charge in [-0.25, -0.2) is 0 Å². The molecule has 0 amide bonds. The number of aliphatic hydroxyl groups excluding tert-OH is 1. The van der Waals surface area contributed by atoms with Crippen LogP contribution in [0.3, 0.4) is 0 Å². The summed E-state index contributed by atoms with van der Waals surface area (Å²) in [5.41, 5.74) is 4.58. The molecule has 24 heavy (non-hydrogen) atoms. The highest BCUT2D eigenvalue weighted by Gasteiger charge is 2.19. The molecule has 0 saturated heterocycles. The van der Waals surface area contributed by atoms with E-state index in [1.165, 1.54) is 22.2 Å². The van der Waals surface area contributed by atoms with E-state index in [1.807, 2.05) is 13.1 Å². The lowest BCUT2D eigenvalue weighted by Gasteiger charge is -2.20. The predicted molar refractivity (Wildman–Crippen MR) is 94.5 cm³/mol. The van der Waals surface area contributed by atoms with E-state index in [9.17, 15) is 5.11 Å². The minimum atomic E-state index is -0.453. The Hall–Kier alpha value is -2.11. The van der Waals surface area contributed by atoms with E-state index in [2.05, 4.69) is 50.0 Å². The number of benzene rings is 1. The van der Waals surface area contributed by atoms with E-state index in [1.54, 1.807) is 0 Å². The third-order valence-electron chi connectivity index (χ3n) is 4.91. The number of hydrogen-bond donors (Lipinski definition) is 2. The highest BCUT2D eigenvalue weighted by atomic mass is 16.3. The Morgan fingerprint density at radius 1 is 1.29 bits per heavy atom. The van der Waals surface area contributed by atoms with E-state index in [0.717, 1.165) is 38.3 Å². The van der Waals surface area contributed by atoms with Gasteiger partial charge < -0.3 is 10.1 Å². The molecule has 0 unspecified atom stereocenters. The van der Waals surface area contributed by atoms with E-state index < -0.39 is 6.10 Å². The van der Waals surface area contributed by atoms with Crippen molar-refractivity contribution in [1.82, 2.24) is 19.7 Å². The molecule has 0 bridgehead atoms. The monoisotopic (exact) mass is 324 g/mol. The summed E-state index contributed by atoms with van der Waals surface area (Å²) in [4.78, 5) is 5.83. The molecule has 3 aromatic rings. The second-order valence-corrected chi connectivity index (χ2v) is 6.63. The summed E-state index contributed by atoms with van der Waals surface area (Å²) in [6, 6.07) is 10.7. The van der Waals surface area contributed by atoms with Crippen molar-refractivity contribution in [2.75, 3.05) is 6.54 Å². The van der Waals surface area contributed by atoms with Gasteiger partial charge in [-0.3, -0.25) is 9.58 Å². The molecule has 5 nitrogen and oxygen atoms in total. The Morgan fingerprint density at radius 2 is 2.21 bits per heavy atom. The normalized spacial score (nSPS) is 16.9. The zero-order chi connectivity index (χ0) is 16.5. The molecule has 0 spiro atoms. The fourth-order valence-electron chi connectivity index (χ4n) is 3.58. The number of aromatic amines is 1. The Morgan fingerprint density at radius 3 is 3.08 bits per heavy atom. The Kier molecular flexibility index (Phi) is 4.12. The zero-order valence-electron chi connectivity index (χ0n) is 14.1. The van der Waals surface area contributed by atoms with E-state index in [0.29, 0.717) is 6.42 Å². The van der Waals surface area contributed by atoms with Crippen molar-refractivity contribution in [2.24, 2.45) is 0 Å². The Bertz CT molecular complexity index is 835. The maximum Gasteiger partial charge on any atom is 0.0975 e. The number of rotatable bonds is 4. The lowest BCUT2D eigenvalue weighted by Crippen LogP contribution is -2.22. The molecule has 126 valence electrons. The first-order valence-corrected chi connectivity index (χ1v) is 8.76. The van der Waals surface area contributed by atoms with Crippen LogP contribution in [0.4, 0.5) is 0 Å². The molecule has 0 saturated carbocycles. The average molecular weight is 324 g/mol. The number of H-pyrrole nitrogens is 1. The minimum absolute atomic E-state index is 0.453. The lowest BCUT2D eigenvalue weighted by atomic mass is 10.1. The molecular formula is C19H24N4O. The SMILES string of the molecule is CC[C@H](O)c1cc2n(n1)CCCN(Cc1cccc3cc[nH]c13)C2. The van der Waals surface area contributed by atoms with Gasteiger partial charge in [0.05, 0.1) is 17.5 Å². The van der Waals surface area contributed by atoms with E-state index >= 15 is 0 Å². The second kappa shape index (κ2) is 6.42. The van der Waals surface area contributed by atoms with Crippen LogP contribution in [-0.2, 0) is 19.6 Å². The van der Waals surface area contributed by atoms with Crippen LogP contribution >= 0.6 is 0 Å². The lowest BCUT2D eigenvalue weighted by molar-refractivity contribution is 0.167. The van der Waals surface area contributed by atoms with Crippen molar-refractivity contribution in [3.63, 3.8) is 0 Å². The molecule has 3 heterocycles. The van der Waals surface area contributed by atoms with Crippen LogP contribution in [-0.4, -0.2) is 31.3 Å². The Labute approximate surface area is 141 Å². The second-order valence-electron chi connectivity index (χ2n) is 6.63. The maximum absolute atomic E-state index is 10.1. The van der Waals surface area contributed by atoms with Crippen molar-refractivity contribution < 1.29 is 5.11 Å². The van der Waals surface area contributed by atoms with E-state index in [-0.39, 0.29) is 0 Å². The van der Waals surface area contributed by atoms with Crippen molar-refractivity contribution in [1.29, 1.82) is 0 Å². The summed E-state index contributed by atoms with van der Waals surface area (Å²) < 4.78 is 2.07. The largest absolute Gasteiger partial charge is 0.387 e. The molecule has 1 aliphatic rings. The van der Waals surface area contributed by atoms with Gasteiger partial charge in [0.25, 0.3) is 0 Å². The molecule has 1 atom stereocenters. The van der Waals surface area contributed by atoms with Crippen LogP contribution in [0, 0.1) is 0 Å². The standard InChI is InChI=1S/C19H24N4O/c1-2-18(24)17-11-16-13-22(9-4-10-23(16)21-17)12-15-6-3-5-14-7-8-20-19(14)15/h3,5-8,11,18,20,24H,2,4,9-10,12-13H2,1H3/t18-/m0/s1. The van der Waals surface area contributed by atoms with Gasteiger partial charge in [0.2, 0.25) is 0 Å². The van der Waals surface area contributed by atoms with Gasteiger partial charge in [-0.2, -0.15) is 5.10 Å². The van der Waals surface area contributed by atoms with Gasteiger partial charge in [-0.1, -0.05) is 25.1 Å². The zero-order valence-corrected chi connectivity index (χ0v) is 14.1. The number of fused-ring (bicyclic) bond motifs is 2. The molecule has 0 fully saturated rings. The predicted octanol–water partition coefficient (Wildman–Crippen LogP) is 3.21. The van der Waals surface area contributed by atoms with Gasteiger partial charge in [0.1, 0.15) is 0 Å². The molecule has 0 radical (unpaired) electrons. The number of aliphatic hydroxyl groups is 1. The summed E-state index contributed by atoms with van der Waals surface area (Å²) in [6.07, 6.45) is 3.33. The van der Waals surface area contributed by atoms with Crippen LogP contribution in [0.25, 0.3) is 10.9 Å². The molecule has 2 N–H and O–H groups in total. The fraction of sp³-hybridized carbons (Fsp3) is 0.421. The summed E-state index contributed by atoms with van der Waals surface area (Å²) >= 11 is 0. The number of hydrogen-bond acceptors (Lipinski definition) is 3. The summed E-state index contributed by atoms with van der Waals surface area (Å²) in [6.45, 7) is 5.77. The molecule has 1 aromatic carbocycles. The smallest absolute Gasteiger partial charge is 0.0975 e. The third kappa shape index (κ3) is 2.85. The van der Waals surface area contributed by atoms with Crippen molar-refractivity contribution >= 4 is 10.9 Å². The van der Waals surface area contributed by atoms with Crippen LogP contribution in [0.5, 0.6) is 0 Å². The molecule has 1 aliphatic heterocycles. The van der Waals surface area contributed by atoms with E-state index in [4.69, 9.17) is 0 Å². The van der Waals surface area contributed by atoms with Crippen LogP contribution in [0.2, 0.25) is 0 Å². The molecule has 4 rings (SSSR count). The topological polar surface area (TPSA) is 57.1 Å². The van der Waals surface area contributed by atoms with Crippen molar-refractivity contribution in [3.8, 4) is 0 Å². The number of aryl methyl sites for hydroxylation is 1. The highest BCUT2D eigenvalue weighted by Crippen LogP contribution is 2.23. The first-order chi connectivity index (χ1) is 11.7. The number of nitrogens with zero attached hydrogens (tertiary/aromatic N) is 3. The summed E-state index contributed by atoms with van der Waals surface area (Å²) in [7, 11) is 0. The first kappa shape index (κ1) is 15.4. The van der Waals surface area contributed by atoms with Gasteiger partial charge in [-0.05, 0) is 35.9 Å². The number of para-hydroxylation sites is 1. The van der Waals surface area contributed by atoms with Crippen LogP contribution < -0.4 is 0 Å². The average Bonchev–Trinajstić information content (AvgIpc) is 3.18. The molecule has 0 aliphatic carbocycles. The van der Waals surface area contributed by atoms with Crippen LogP contribution in [0.1, 0.15) is 42.8 Å². The van der Waals surface area contributed by atoms with Crippen LogP contribution in [0.15, 0.2) is 36.5 Å². The first-order valence-electron chi connectivity index (χ1n) is 8.76. The van der Waals surface area contributed by atoms with Crippen molar-refractivity contribution in [3.05, 3.63) is 53.5 Å². The van der Waals surface area contributed by atoms with Gasteiger partial charge >= 0.3 is 0 Å². The molecule has 2 aromatic heterocycles. The Balaban J connectivity index is 1.57. The maximum atomic E-state index is 10.1. The van der Waals surface area contributed by atoms with Gasteiger partial charge in [-0.15, -0.1) is 0 Å². The van der Waals surface area contributed by atoms with Gasteiger partial charge in [0, 0.05) is 37.9 Å². The number of nitrogens with one attached hydrogen (secondary N) is 1. The minimum Gasteiger partial charge on any atom is -0.387 e. The molecule has 5 heteroatoms. The molecular weight excluding hydrogens is 300 g/mol. The summed E-state index contributed by atoms with van der Waals surface area (Å²) in [5, 5.41) is 15.9.